The van der Waals surface area contributed by atoms with Crippen molar-refractivity contribution in [3.05, 3.63) is 0 Å². The molecule has 1 aliphatic rings. The zero-order valence-corrected chi connectivity index (χ0v) is 16.4. The number of esters is 1. The third-order valence-corrected chi connectivity index (χ3v) is 3.60. The van der Waals surface area contributed by atoms with Crippen LogP contribution < -0.4 is 5.32 Å². The van der Waals surface area contributed by atoms with Gasteiger partial charge < -0.3 is 15.0 Å². The molecule has 1 saturated heterocycles. The van der Waals surface area contributed by atoms with Gasteiger partial charge in [-0.15, -0.1) is 24.0 Å². The number of carbonyl (C=O) groups is 1. The van der Waals surface area contributed by atoms with Gasteiger partial charge in [-0.2, -0.15) is 0 Å². The molecule has 130 valence electrons. The lowest BCUT2D eigenvalue weighted by Gasteiger charge is -2.20. The number of ether oxygens (including phenoxy) is 1. The van der Waals surface area contributed by atoms with E-state index in [1.807, 2.05) is 6.92 Å². The first-order chi connectivity index (χ1) is 10.3. The molecule has 0 spiro atoms. The van der Waals surface area contributed by atoms with Gasteiger partial charge in [0.15, 0.2) is 5.96 Å². The Morgan fingerprint density at radius 1 is 1.14 bits per heavy atom. The van der Waals surface area contributed by atoms with Crippen LogP contribution in [0.4, 0.5) is 0 Å². The molecule has 5 nitrogen and oxygen atoms in total. The van der Waals surface area contributed by atoms with E-state index in [4.69, 9.17) is 9.73 Å². The van der Waals surface area contributed by atoms with Crippen LogP contribution in [0.2, 0.25) is 0 Å². The Labute approximate surface area is 152 Å². The number of carbonyl (C=O) groups excluding carboxylic acids is 1. The maximum absolute atomic E-state index is 11.2. The molecule has 1 fully saturated rings. The Balaban J connectivity index is 0.00000441. The Morgan fingerprint density at radius 2 is 1.82 bits per heavy atom. The van der Waals surface area contributed by atoms with Gasteiger partial charge in [0, 0.05) is 32.6 Å². The average Bonchev–Trinajstić information content (AvgIpc) is 2.99. The van der Waals surface area contributed by atoms with Gasteiger partial charge in [-0.25, -0.2) is 0 Å². The van der Waals surface area contributed by atoms with Gasteiger partial charge in [-0.05, 0) is 39.5 Å². The number of likely N-dealkylation sites (tertiary alicyclic amines) is 1. The smallest absolute Gasteiger partial charge is 0.305 e. The monoisotopic (exact) mass is 425 g/mol. The van der Waals surface area contributed by atoms with E-state index in [1.54, 1.807) is 0 Å². The number of rotatable bonds is 9. The summed E-state index contributed by atoms with van der Waals surface area (Å²) >= 11 is 0. The molecule has 0 aliphatic carbocycles. The number of unbranched alkanes of at least 4 members (excludes halogenated alkanes) is 3. The van der Waals surface area contributed by atoms with E-state index in [9.17, 15) is 4.79 Å². The predicted octanol–water partition coefficient (Wildman–Crippen LogP) is 3.18. The number of nitrogens with zero attached hydrogens (tertiary/aromatic N) is 2. The second-order valence-electron chi connectivity index (χ2n) is 5.40. The molecular weight excluding hydrogens is 393 g/mol. The second kappa shape index (κ2) is 14.1. The number of hydrogen-bond donors (Lipinski definition) is 1. The van der Waals surface area contributed by atoms with Crippen LogP contribution in [-0.2, 0) is 9.53 Å². The molecule has 0 amide bonds. The maximum Gasteiger partial charge on any atom is 0.305 e. The number of hydrogen-bond acceptors (Lipinski definition) is 3. The summed E-state index contributed by atoms with van der Waals surface area (Å²) in [6.45, 7) is 8.50. The van der Waals surface area contributed by atoms with Crippen LogP contribution in [0.15, 0.2) is 4.99 Å². The molecule has 1 heterocycles. The van der Waals surface area contributed by atoms with Crippen molar-refractivity contribution in [3.8, 4) is 0 Å². The van der Waals surface area contributed by atoms with Crippen molar-refractivity contribution in [2.24, 2.45) is 4.99 Å². The summed E-state index contributed by atoms with van der Waals surface area (Å²) in [4.78, 5) is 18.2. The molecule has 0 aromatic heterocycles. The van der Waals surface area contributed by atoms with Crippen molar-refractivity contribution in [3.63, 3.8) is 0 Å². The first kappa shape index (κ1) is 21.5. The van der Waals surface area contributed by atoms with E-state index in [2.05, 4.69) is 17.1 Å². The standard InChI is InChI=1S/C16H31N3O2.HI/c1-3-17-16(19-13-9-10-14-19)18-12-8-6-5-7-11-15(20)21-4-2;/h3-14H2,1-2H3,(H,17,18);1H. The SMILES string of the molecule is CCNC(=NCCCCCCC(=O)OCC)N1CCCC1.I. The highest BCUT2D eigenvalue weighted by atomic mass is 127. The molecule has 1 aliphatic heterocycles. The van der Waals surface area contributed by atoms with Gasteiger partial charge in [0.05, 0.1) is 6.61 Å². The molecular formula is C16H32IN3O2. The van der Waals surface area contributed by atoms with Crippen LogP contribution in [0, 0.1) is 0 Å². The van der Waals surface area contributed by atoms with Crippen molar-refractivity contribution in [2.75, 3.05) is 32.8 Å². The van der Waals surface area contributed by atoms with Crippen molar-refractivity contribution >= 4 is 35.9 Å². The molecule has 0 aromatic carbocycles. The van der Waals surface area contributed by atoms with Crippen molar-refractivity contribution in [2.45, 2.75) is 58.8 Å². The van der Waals surface area contributed by atoms with Crippen LogP contribution in [0.3, 0.4) is 0 Å². The minimum Gasteiger partial charge on any atom is -0.466 e. The van der Waals surface area contributed by atoms with E-state index >= 15 is 0 Å². The largest absolute Gasteiger partial charge is 0.466 e. The van der Waals surface area contributed by atoms with Gasteiger partial charge in [-0.1, -0.05) is 12.8 Å². The second-order valence-corrected chi connectivity index (χ2v) is 5.40. The molecule has 0 unspecified atom stereocenters. The van der Waals surface area contributed by atoms with E-state index in [-0.39, 0.29) is 29.9 Å². The molecule has 1 rings (SSSR count). The average molecular weight is 425 g/mol. The molecule has 1 N–H and O–H groups in total. The summed E-state index contributed by atoms with van der Waals surface area (Å²) in [5.41, 5.74) is 0. The summed E-state index contributed by atoms with van der Waals surface area (Å²) in [7, 11) is 0. The molecule has 0 atom stereocenters. The fraction of sp³-hybridized carbons (Fsp3) is 0.875. The van der Waals surface area contributed by atoms with E-state index < -0.39 is 0 Å². The fourth-order valence-corrected chi connectivity index (χ4v) is 2.51. The molecule has 0 aromatic rings. The topological polar surface area (TPSA) is 53.9 Å². The zero-order chi connectivity index (χ0) is 15.3. The van der Waals surface area contributed by atoms with E-state index in [1.165, 1.54) is 12.8 Å². The molecule has 0 radical (unpaired) electrons. The minimum absolute atomic E-state index is 0. The normalized spacial score (nSPS) is 14.6. The summed E-state index contributed by atoms with van der Waals surface area (Å²) < 4.78 is 4.91. The van der Waals surface area contributed by atoms with Crippen molar-refractivity contribution in [1.29, 1.82) is 0 Å². The van der Waals surface area contributed by atoms with Crippen LogP contribution >= 0.6 is 24.0 Å². The molecule has 0 bridgehead atoms. The molecule has 0 saturated carbocycles. The lowest BCUT2D eigenvalue weighted by atomic mass is 10.1. The Morgan fingerprint density at radius 3 is 2.45 bits per heavy atom. The highest BCUT2D eigenvalue weighted by Gasteiger charge is 2.14. The summed E-state index contributed by atoms with van der Waals surface area (Å²) in [6, 6.07) is 0. The third-order valence-electron chi connectivity index (χ3n) is 3.60. The summed E-state index contributed by atoms with van der Waals surface area (Å²) in [6.07, 6.45) is 7.32. The highest BCUT2D eigenvalue weighted by molar-refractivity contribution is 14.0. The van der Waals surface area contributed by atoms with Gasteiger partial charge in [0.2, 0.25) is 0 Å². The Hall–Kier alpha value is -0.530. The summed E-state index contributed by atoms with van der Waals surface area (Å²) in [5, 5.41) is 3.37. The number of halogens is 1. The van der Waals surface area contributed by atoms with Crippen LogP contribution in [-0.4, -0.2) is 49.6 Å². The lowest BCUT2D eigenvalue weighted by molar-refractivity contribution is -0.143. The van der Waals surface area contributed by atoms with E-state index in [0.717, 1.165) is 57.8 Å². The first-order valence-corrected chi connectivity index (χ1v) is 8.46. The molecule has 22 heavy (non-hydrogen) atoms. The van der Waals surface area contributed by atoms with Gasteiger partial charge in [0.25, 0.3) is 0 Å². The van der Waals surface area contributed by atoms with Gasteiger partial charge >= 0.3 is 5.97 Å². The maximum atomic E-state index is 11.2. The van der Waals surface area contributed by atoms with Crippen LogP contribution in [0.5, 0.6) is 0 Å². The first-order valence-electron chi connectivity index (χ1n) is 8.46. The number of aliphatic imine (C=N–C) groups is 1. The Bertz CT molecular complexity index is 319. The predicted molar refractivity (Wildman–Crippen MR) is 102 cm³/mol. The number of guanidine groups is 1. The van der Waals surface area contributed by atoms with Crippen LogP contribution in [0.25, 0.3) is 0 Å². The van der Waals surface area contributed by atoms with E-state index in [0.29, 0.717) is 13.0 Å². The van der Waals surface area contributed by atoms with Crippen LogP contribution in [0.1, 0.15) is 58.8 Å². The Kier molecular flexibility index (Phi) is 13.7. The zero-order valence-electron chi connectivity index (χ0n) is 14.1. The quantitative estimate of drug-likeness (QED) is 0.203. The highest BCUT2D eigenvalue weighted by Crippen LogP contribution is 2.08. The number of nitrogens with one attached hydrogen (secondary N) is 1. The van der Waals surface area contributed by atoms with Crippen molar-refractivity contribution in [1.82, 2.24) is 10.2 Å². The third kappa shape index (κ3) is 9.48. The van der Waals surface area contributed by atoms with Gasteiger partial charge in [0.1, 0.15) is 0 Å². The summed E-state index contributed by atoms with van der Waals surface area (Å²) in [5.74, 6) is 1.00. The fourth-order valence-electron chi connectivity index (χ4n) is 2.51. The lowest BCUT2D eigenvalue weighted by Crippen LogP contribution is -2.39. The van der Waals surface area contributed by atoms with Gasteiger partial charge in [-0.3, -0.25) is 9.79 Å². The minimum atomic E-state index is -0.0704. The molecule has 6 heteroatoms. The van der Waals surface area contributed by atoms with Crippen molar-refractivity contribution < 1.29 is 9.53 Å².